The molecule has 0 unspecified atom stereocenters. The molecule has 7 heteroatoms. The fourth-order valence-corrected chi connectivity index (χ4v) is 3.90. The van der Waals surface area contributed by atoms with Crippen LogP contribution in [0.1, 0.15) is 16.7 Å². The van der Waals surface area contributed by atoms with Gasteiger partial charge in [0.05, 0.1) is 22.7 Å². The number of rotatable bonds is 7. The van der Waals surface area contributed by atoms with Crippen LogP contribution in [0.25, 0.3) is 10.8 Å². The highest BCUT2D eigenvalue weighted by atomic mass is 35.5. The molecule has 166 valence electrons. The van der Waals surface area contributed by atoms with Gasteiger partial charge in [-0.05, 0) is 57.8 Å². The van der Waals surface area contributed by atoms with Crippen molar-refractivity contribution < 1.29 is 13.9 Å². The van der Waals surface area contributed by atoms with Gasteiger partial charge in [0.2, 0.25) is 5.91 Å². The van der Waals surface area contributed by atoms with E-state index in [-0.39, 0.29) is 18.1 Å². The number of hydrogen-bond donors (Lipinski definition) is 1. The van der Waals surface area contributed by atoms with Crippen LogP contribution >= 0.6 is 23.2 Å². The largest absolute Gasteiger partial charge is 0.486 e. The molecular weight excluding hydrogens is 462 g/mol. The highest BCUT2D eigenvalue weighted by Gasteiger charge is 2.10. The van der Waals surface area contributed by atoms with Crippen molar-refractivity contribution in [3.63, 3.8) is 0 Å². The summed E-state index contributed by atoms with van der Waals surface area (Å²) < 4.78 is 18.8. The van der Waals surface area contributed by atoms with Gasteiger partial charge in [-0.25, -0.2) is 9.82 Å². The number of fused-ring (bicyclic) bond motifs is 1. The van der Waals surface area contributed by atoms with Gasteiger partial charge in [-0.3, -0.25) is 4.79 Å². The SMILES string of the molecule is O=C(Cc1ccc(F)cc1)N/N=C/c1cc(Cl)c(OCc2ccc3ccccc3c2)c(Cl)c1. The summed E-state index contributed by atoms with van der Waals surface area (Å²) in [6.07, 6.45) is 1.52. The summed E-state index contributed by atoms with van der Waals surface area (Å²) in [6.45, 7) is 0.317. The molecule has 4 aromatic carbocycles. The van der Waals surface area contributed by atoms with E-state index in [1.54, 1.807) is 24.3 Å². The maximum atomic E-state index is 12.9. The Morgan fingerprint density at radius 3 is 2.30 bits per heavy atom. The Bertz CT molecular complexity index is 1300. The molecule has 0 aliphatic heterocycles. The van der Waals surface area contributed by atoms with Crippen LogP contribution in [0.15, 0.2) is 84.0 Å². The van der Waals surface area contributed by atoms with Crippen LogP contribution in [0.4, 0.5) is 4.39 Å². The van der Waals surface area contributed by atoms with Crippen molar-refractivity contribution >= 4 is 46.1 Å². The molecule has 0 radical (unpaired) electrons. The summed E-state index contributed by atoms with van der Waals surface area (Å²) in [7, 11) is 0. The fraction of sp³-hybridized carbons (Fsp3) is 0.0769. The molecule has 1 N–H and O–H groups in total. The Balaban J connectivity index is 1.36. The Hall–Kier alpha value is -3.41. The maximum absolute atomic E-state index is 12.9. The van der Waals surface area contributed by atoms with Crippen LogP contribution in [0.3, 0.4) is 0 Å². The van der Waals surface area contributed by atoms with Crippen molar-refractivity contribution in [1.82, 2.24) is 5.43 Å². The molecule has 0 fully saturated rings. The number of benzene rings is 4. The maximum Gasteiger partial charge on any atom is 0.244 e. The van der Waals surface area contributed by atoms with Gasteiger partial charge in [-0.15, -0.1) is 0 Å². The number of nitrogens with zero attached hydrogens (tertiary/aromatic N) is 1. The van der Waals surface area contributed by atoms with Gasteiger partial charge in [-0.1, -0.05) is 71.7 Å². The van der Waals surface area contributed by atoms with Crippen molar-refractivity contribution in [1.29, 1.82) is 0 Å². The minimum absolute atomic E-state index is 0.0840. The van der Waals surface area contributed by atoms with Crippen molar-refractivity contribution in [2.75, 3.05) is 0 Å². The molecule has 0 saturated carbocycles. The number of halogens is 3. The standard InChI is InChI=1S/C26H19Cl2FN2O2/c27-23-12-19(15-30-31-25(32)14-17-6-9-22(29)10-7-17)13-24(28)26(23)33-16-18-5-8-20-3-1-2-4-21(20)11-18/h1-13,15H,14,16H2,(H,31,32)/b30-15+. The number of carbonyl (C=O) groups is 1. The molecule has 0 aliphatic carbocycles. The summed E-state index contributed by atoms with van der Waals surface area (Å²) in [5.41, 5.74) is 4.71. The molecule has 33 heavy (non-hydrogen) atoms. The van der Waals surface area contributed by atoms with Crippen LogP contribution in [0, 0.1) is 5.82 Å². The second-order valence-electron chi connectivity index (χ2n) is 7.38. The summed E-state index contributed by atoms with van der Waals surface area (Å²) >= 11 is 12.7. The van der Waals surface area contributed by atoms with Gasteiger partial charge in [-0.2, -0.15) is 5.10 Å². The van der Waals surface area contributed by atoms with Crippen LogP contribution in [-0.2, 0) is 17.8 Å². The smallest absolute Gasteiger partial charge is 0.244 e. The lowest BCUT2D eigenvalue weighted by molar-refractivity contribution is -0.120. The van der Waals surface area contributed by atoms with E-state index < -0.39 is 0 Å². The zero-order valence-electron chi connectivity index (χ0n) is 17.4. The molecule has 0 saturated heterocycles. The Morgan fingerprint density at radius 1 is 0.909 bits per heavy atom. The predicted octanol–water partition coefficient (Wildman–Crippen LogP) is 6.56. The van der Waals surface area contributed by atoms with Crippen LogP contribution in [0.2, 0.25) is 10.0 Å². The quantitative estimate of drug-likeness (QED) is 0.240. The van der Waals surface area contributed by atoms with E-state index in [0.717, 1.165) is 16.3 Å². The first kappa shape index (κ1) is 22.8. The normalized spacial score (nSPS) is 11.1. The van der Waals surface area contributed by atoms with E-state index in [2.05, 4.69) is 22.7 Å². The summed E-state index contributed by atoms with van der Waals surface area (Å²) in [5.74, 6) is -0.301. The van der Waals surface area contributed by atoms with Gasteiger partial charge in [0.1, 0.15) is 12.4 Å². The summed E-state index contributed by atoms with van der Waals surface area (Å²) in [6, 6.07) is 23.2. The fourth-order valence-electron chi connectivity index (χ4n) is 3.28. The molecule has 0 atom stereocenters. The number of carbonyl (C=O) groups excluding carboxylic acids is 1. The topological polar surface area (TPSA) is 50.7 Å². The second-order valence-corrected chi connectivity index (χ2v) is 8.19. The first-order valence-electron chi connectivity index (χ1n) is 10.1. The zero-order chi connectivity index (χ0) is 23.2. The average molecular weight is 481 g/mol. The number of amides is 1. The highest BCUT2D eigenvalue weighted by molar-refractivity contribution is 6.37. The molecule has 0 aliphatic rings. The Labute approximate surface area is 200 Å². The van der Waals surface area contributed by atoms with Crippen molar-refractivity contribution in [3.8, 4) is 5.75 Å². The van der Waals surface area contributed by atoms with Crippen molar-refractivity contribution in [3.05, 3.63) is 111 Å². The minimum Gasteiger partial charge on any atom is -0.486 e. The molecular formula is C26H19Cl2FN2O2. The molecule has 4 nitrogen and oxygen atoms in total. The van der Waals surface area contributed by atoms with Crippen LogP contribution in [-0.4, -0.2) is 12.1 Å². The van der Waals surface area contributed by atoms with E-state index in [0.29, 0.717) is 33.5 Å². The molecule has 0 bridgehead atoms. The summed E-state index contributed by atoms with van der Waals surface area (Å²) in [5, 5.41) is 6.89. The van der Waals surface area contributed by atoms with Gasteiger partial charge >= 0.3 is 0 Å². The third kappa shape index (κ3) is 6.09. The number of ether oxygens (including phenoxy) is 1. The molecule has 0 spiro atoms. The molecule has 4 aromatic rings. The minimum atomic E-state index is -0.351. The van der Waals surface area contributed by atoms with E-state index in [1.807, 2.05) is 30.3 Å². The number of nitrogens with one attached hydrogen (secondary N) is 1. The highest BCUT2D eigenvalue weighted by Crippen LogP contribution is 2.34. The third-order valence-corrected chi connectivity index (χ3v) is 5.46. The molecule has 4 rings (SSSR count). The van der Waals surface area contributed by atoms with Crippen LogP contribution < -0.4 is 10.2 Å². The van der Waals surface area contributed by atoms with Gasteiger partial charge in [0, 0.05) is 0 Å². The van der Waals surface area contributed by atoms with E-state index in [4.69, 9.17) is 27.9 Å². The zero-order valence-corrected chi connectivity index (χ0v) is 18.9. The molecule has 1 amide bonds. The van der Waals surface area contributed by atoms with Gasteiger partial charge in [0.25, 0.3) is 0 Å². The second kappa shape index (κ2) is 10.5. The lowest BCUT2D eigenvalue weighted by atomic mass is 10.1. The lowest BCUT2D eigenvalue weighted by Gasteiger charge is -2.11. The van der Waals surface area contributed by atoms with Gasteiger partial charge < -0.3 is 4.74 Å². The average Bonchev–Trinajstić information content (AvgIpc) is 2.80. The Morgan fingerprint density at radius 2 is 1.58 bits per heavy atom. The first-order valence-corrected chi connectivity index (χ1v) is 10.9. The number of hydrogen-bond acceptors (Lipinski definition) is 3. The Kier molecular flexibility index (Phi) is 7.23. The molecule has 0 heterocycles. The lowest BCUT2D eigenvalue weighted by Crippen LogP contribution is -2.19. The monoisotopic (exact) mass is 480 g/mol. The van der Waals surface area contributed by atoms with E-state index in [9.17, 15) is 9.18 Å². The van der Waals surface area contributed by atoms with Crippen molar-refractivity contribution in [2.24, 2.45) is 5.10 Å². The molecule has 0 aromatic heterocycles. The third-order valence-electron chi connectivity index (χ3n) is 4.90. The van der Waals surface area contributed by atoms with Gasteiger partial charge in [0.15, 0.2) is 5.75 Å². The van der Waals surface area contributed by atoms with Crippen LogP contribution in [0.5, 0.6) is 5.75 Å². The first-order chi connectivity index (χ1) is 16.0. The summed E-state index contributed by atoms with van der Waals surface area (Å²) in [4.78, 5) is 12.0. The van der Waals surface area contributed by atoms with Crippen molar-refractivity contribution in [2.45, 2.75) is 13.0 Å². The number of hydrazone groups is 1. The predicted molar refractivity (Wildman–Crippen MR) is 131 cm³/mol. The van der Waals surface area contributed by atoms with E-state index in [1.165, 1.54) is 18.3 Å². The van der Waals surface area contributed by atoms with E-state index >= 15 is 0 Å².